The van der Waals surface area contributed by atoms with Crippen molar-refractivity contribution in [2.75, 3.05) is 12.4 Å². The summed E-state index contributed by atoms with van der Waals surface area (Å²) in [6.07, 6.45) is 0.892. The molecule has 1 heterocycles. The Hall–Kier alpha value is -1.62. The maximum absolute atomic E-state index is 5.33. The van der Waals surface area contributed by atoms with Crippen LogP contribution in [0.5, 0.6) is 5.75 Å². The van der Waals surface area contributed by atoms with Crippen LogP contribution < -0.4 is 10.1 Å². The van der Waals surface area contributed by atoms with Crippen molar-refractivity contribution in [1.82, 2.24) is 10.2 Å². The highest BCUT2D eigenvalue weighted by Gasteiger charge is 2.08. The van der Waals surface area contributed by atoms with Crippen LogP contribution in [0.1, 0.15) is 12.5 Å². The summed E-state index contributed by atoms with van der Waals surface area (Å²) in [4.78, 5) is 0. The molecule has 1 atom stereocenters. The quantitative estimate of drug-likeness (QED) is 0.884. The molecule has 1 N–H and O–H groups in total. The van der Waals surface area contributed by atoms with Gasteiger partial charge in [0.2, 0.25) is 5.13 Å². The van der Waals surface area contributed by atoms with Crippen LogP contribution in [0.25, 0.3) is 0 Å². The zero-order valence-corrected chi connectivity index (χ0v) is 10.7. The van der Waals surface area contributed by atoms with Crippen LogP contribution in [0.15, 0.2) is 29.8 Å². The fourth-order valence-electron chi connectivity index (χ4n) is 1.70. The van der Waals surface area contributed by atoms with Gasteiger partial charge in [0, 0.05) is 6.04 Å². The molecule has 1 unspecified atom stereocenters. The molecule has 1 aromatic carbocycles. The van der Waals surface area contributed by atoms with Crippen molar-refractivity contribution in [2.45, 2.75) is 19.4 Å². The predicted octanol–water partition coefficient (Wildman–Crippen LogP) is 2.59. The van der Waals surface area contributed by atoms with E-state index in [0.29, 0.717) is 6.04 Å². The summed E-state index contributed by atoms with van der Waals surface area (Å²) in [6, 6.07) is 8.35. The summed E-state index contributed by atoms with van der Waals surface area (Å²) in [7, 11) is 1.70. The standard InChI is InChI=1S/C12H15N3OS/c1-9(14-12-15-13-8-17-12)7-10-5-3-4-6-11(10)16-2/h3-6,8-9H,7H2,1-2H3,(H,14,15). The molecule has 0 saturated heterocycles. The third-order valence-electron chi connectivity index (χ3n) is 2.45. The van der Waals surface area contributed by atoms with Crippen molar-refractivity contribution >= 4 is 16.5 Å². The molecule has 90 valence electrons. The third-order valence-corrected chi connectivity index (χ3v) is 3.07. The molecule has 4 nitrogen and oxygen atoms in total. The summed E-state index contributed by atoms with van der Waals surface area (Å²) in [6.45, 7) is 2.12. The van der Waals surface area contributed by atoms with E-state index in [1.54, 1.807) is 12.6 Å². The molecule has 0 amide bonds. The number of ether oxygens (including phenoxy) is 1. The topological polar surface area (TPSA) is 47.0 Å². The van der Waals surface area contributed by atoms with Gasteiger partial charge in [0.1, 0.15) is 11.3 Å². The Labute approximate surface area is 105 Å². The number of methoxy groups -OCH3 is 1. The average Bonchev–Trinajstić information content (AvgIpc) is 2.82. The molecule has 5 heteroatoms. The Balaban J connectivity index is 2.00. The lowest BCUT2D eigenvalue weighted by molar-refractivity contribution is 0.409. The first-order chi connectivity index (χ1) is 8.29. The third kappa shape index (κ3) is 3.17. The smallest absolute Gasteiger partial charge is 0.205 e. The van der Waals surface area contributed by atoms with Crippen LogP contribution in [-0.2, 0) is 6.42 Å². The number of aromatic nitrogens is 2. The minimum Gasteiger partial charge on any atom is -0.496 e. The molecule has 2 rings (SSSR count). The van der Waals surface area contributed by atoms with Gasteiger partial charge in [0.25, 0.3) is 0 Å². The zero-order chi connectivity index (χ0) is 12.1. The SMILES string of the molecule is COc1ccccc1CC(C)Nc1nncs1. The van der Waals surface area contributed by atoms with Crippen molar-refractivity contribution in [3.05, 3.63) is 35.3 Å². The van der Waals surface area contributed by atoms with Gasteiger partial charge in [-0.15, -0.1) is 10.2 Å². The Kier molecular flexibility index (Phi) is 3.93. The van der Waals surface area contributed by atoms with Gasteiger partial charge >= 0.3 is 0 Å². The lowest BCUT2D eigenvalue weighted by Crippen LogP contribution is -2.18. The van der Waals surface area contributed by atoms with Gasteiger partial charge in [-0.05, 0) is 25.0 Å². The van der Waals surface area contributed by atoms with Crippen molar-refractivity contribution in [1.29, 1.82) is 0 Å². The molecule has 0 aliphatic heterocycles. The first-order valence-corrected chi connectivity index (χ1v) is 6.32. The Morgan fingerprint density at radius 1 is 1.41 bits per heavy atom. The molecule has 0 fully saturated rings. The fourth-order valence-corrected chi connectivity index (χ4v) is 2.26. The minimum atomic E-state index is 0.291. The summed E-state index contributed by atoms with van der Waals surface area (Å²) >= 11 is 1.51. The largest absolute Gasteiger partial charge is 0.496 e. The average molecular weight is 249 g/mol. The van der Waals surface area contributed by atoms with Crippen LogP contribution in [0, 0.1) is 0 Å². The first kappa shape index (κ1) is 11.9. The molecule has 1 aromatic heterocycles. The Bertz CT molecular complexity index is 459. The van der Waals surface area contributed by atoms with Crippen molar-refractivity contribution < 1.29 is 4.74 Å². The van der Waals surface area contributed by atoms with Gasteiger partial charge in [-0.2, -0.15) is 0 Å². The molecular formula is C12H15N3OS. The van der Waals surface area contributed by atoms with Crippen molar-refractivity contribution in [3.63, 3.8) is 0 Å². The van der Waals surface area contributed by atoms with Crippen LogP contribution >= 0.6 is 11.3 Å². The molecule has 0 saturated carbocycles. The highest BCUT2D eigenvalue weighted by Crippen LogP contribution is 2.20. The number of hydrogen-bond acceptors (Lipinski definition) is 5. The Morgan fingerprint density at radius 2 is 2.24 bits per heavy atom. The van der Waals surface area contributed by atoms with E-state index in [1.165, 1.54) is 16.9 Å². The summed E-state index contributed by atoms with van der Waals surface area (Å²) < 4.78 is 5.33. The molecular weight excluding hydrogens is 234 g/mol. The molecule has 0 aliphatic rings. The number of anilines is 1. The molecule has 0 radical (unpaired) electrons. The van der Waals surface area contributed by atoms with Gasteiger partial charge < -0.3 is 10.1 Å². The molecule has 0 bridgehead atoms. The van der Waals surface area contributed by atoms with Crippen LogP contribution in [0.3, 0.4) is 0 Å². The van der Waals surface area contributed by atoms with Crippen molar-refractivity contribution in [2.24, 2.45) is 0 Å². The van der Waals surface area contributed by atoms with Crippen LogP contribution in [0.4, 0.5) is 5.13 Å². The van der Waals surface area contributed by atoms with Gasteiger partial charge in [0.05, 0.1) is 7.11 Å². The minimum absolute atomic E-state index is 0.291. The maximum Gasteiger partial charge on any atom is 0.205 e. The second-order valence-electron chi connectivity index (χ2n) is 3.81. The van der Waals surface area contributed by atoms with E-state index >= 15 is 0 Å². The zero-order valence-electron chi connectivity index (χ0n) is 9.88. The fraction of sp³-hybridized carbons (Fsp3) is 0.333. The van der Waals surface area contributed by atoms with Gasteiger partial charge in [-0.1, -0.05) is 29.5 Å². The highest BCUT2D eigenvalue weighted by atomic mass is 32.1. The van der Waals surface area contributed by atoms with E-state index in [2.05, 4.69) is 28.5 Å². The normalized spacial score (nSPS) is 12.1. The molecule has 0 spiro atoms. The number of nitrogens with zero attached hydrogens (tertiary/aromatic N) is 2. The van der Waals surface area contributed by atoms with Crippen LogP contribution in [0.2, 0.25) is 0 Å². The van der Waals surface area contributed by atoms with E-state index in [0.717, 1.165) is 17.3 Å². The van der Waals surface area contributed by atoms with E-state index in [-0.39, 0.29) is 0 Å². The molecule has 17 heavy (non-hydrogen) atoms. The van der Waals surface area contributed by atoms with E-state index in [9.17, 15) is 0 Å². The lowest BCUT2D eigenvalue weighted by atomic mass is 10.1. The Morgan fingerprint density at radius 3 is 2.94 bits per heavy atom. The number of benzene rings is 1. The van der Waals surface area contributed by atoms with E-state index < -0.39 is 0 Å². The van der Waals surface area contributed by atoms with E-state index in [1.807, 2.05) is 18.2 Å². The van der Waals surface area contributed by atoms with Crippen molar-refractivity contribution in [3.8, 4) is 5.75 Å². The van der Waals surface area contributed by atoms with Gasteiger partial charge in [0.15, 0.2) is 0 Å². The van der Waals surface area contributed by atoms with Gasteiger partial charge in [-0.3, -0.25) is 0 Å². The number of hydrogen-bond donors (Lipinski definition) is 1. The van der Waals surface area contributed by atoms with Gasteiger partial charge in [-0.25, -0.2) is 0 Å². The molecule has 2 aromatic rings. The van der Waals surface area contributed by atoms with Crippen LogP contribution in [-0.4, -0.2) is 23.3 Å². The lowest BCUT2D eigenvalue weighted by Gasteiger charge is -2.14. The van der Waals surface area contributed by atoms with E-state index in [4.69, 9.17) is 4.74 Å². The number of rotatable bonds is 5. The monoisotopic (exact) mass is 249 g/mol. The summed E-state index contributed by atoms with van der Waals surface area (Å²) in [5.74, 6) is 0.929. The second kappa shape index (κ2) is 5.63. The molecule has 0 aliphatic carbocycles. The second-order valence-corrected chi connectivity index (χ2v) is 4.64. The number of para-hydroxylation sites is 1. The summed E-state index contributed by atoms with van der Waals surface area (Å²) in [5.41, 5.74) is 2.91. The maximum atomic E-state index is 5.33. The highest BCUT2D eigenvalue weighted by molar-refractivity contribution is 7.13. The summed E-state index contributed by atoms with van der Waals surface area (Å²) in [5, 5.41) is 11.9. The predicted molar refractivity (Wildman–Crippen MR) is 69.7 cm³/mol. The number of nitrogens with one attached hydrogen (secondary N) is 1. The first-order valence-electron chi connectivity index (χ1n) is 5.44.